The summed E-state index contributed by atoms with van der Waals surface area (Å²) in [4.78, 5) is 0. The molecule has 0 heterocycles. The molecule has 0 aliphatic rings. The molecule has 0 bridgehead atoms. The highest BCUT2D eigenvalue weighted by atomic mass is 35.5. The number of alkyl halides is 2. The van der Waals surface area contributed by atoms with Crippen LogP contribution >= 0.6 is 23.2 Å². The van der Waals surface area contributed by atoms with E-state index in [9.17, 15) is 0 Å². The van der Waals surface area contributed by atoms with Gasteiger partial charge in [-0.05, 0) is 18.9 Å². The molecule has 2 unspecified atom stereocenters. The lowest BCUT2D eigenvalue weighted by Gasteiger charge is -2.10. The Morgan fingerprint density at radius 3 is 2.25 bits per heavy atom. The first-order valence-corrected chi connectivity index (χ1v) is 4.90. The average Bonchev–Trinajstić information content (AvgIpc) is 2.05. The number of rotatable bonds is 3. The van der Waals surface area contributed by atoms with Crippen molar-refractivity contribution in [3.63, 3.8) is 0 Å². The van der Waals surface area contributed by atoms with Gasteiger partial charge in [-0.1, -0.05) is 30.3 Å². The summed E-state index contributed by atoms with van der Waals surface area (Å²) in [7, 11) is 0. The first-order chi connectivity index (χ1) is 5.70. The van der Waals surface area contributed by atoms with Gasteiger partial charge in [-0.25, -0.2) is 0 Å². The molecule has 0 N–H and O–H groups in total. The Labute approximate surface area is 83.5 Å². The minimum Gasteiger partial charge on any atom is -0.123 e. The Hall–Kier alpha value is -0.200. The van der Waals surface area contributed by atoms with Crippen LogP contribution in [0, 0.1) is 0 Å². The van der Waals surface area contributed by atoms with Crippen molar-refractivity contribution in [2.24, 2.45) is 0 Å². The largest absolute Gasteiger partial charge is 0.123 e. The van der Waals surface area contributed by atoms with Crippen LogP contribution in [-0.4, -0.2) is 5.38 Å². The lowest BCUT2D eigenvalue weighted by atomic mass is 10.1. The lowest BCUT2D eigenvalue weighted by molar-refractivity contribution is 0.778. The maximum atomic E-state index is 6.12. The van der Waals surface area contributed by atoms with E-state index in [4.69, 9.17) is 23.2 Å². The third-order valence-electron chi connectivity index (χ3n) is 1.69. The van der Waals surface area contributed by atoms with Crippen molar-refractivity contribution in [2.45, 2.75) is 24.1 Å². The average molecular weight is 203 g/mol. The zero-order valence-electron chi connectivity index (χ0n) is 7.00. The molecule has 1 aromatic rings. The van der Waals surface area contributed by atoms with E-state index in [1.54, 1.807) is 0 Å². The summed E-state index contributed by atoms with van der Waals surface area (Å²) in [6.45, 7) is 1.96. The Morgan fingerprint density at radius 2 is 1.75 bits per heavy atom. The maximum Gasteiger partial charge on any atom is 0.0599 e. The smallest absolute Gasteiger partial charge is 0.0599 e. The van der Waals surface area contributed by atoms with Gasteiger partial charge in [-0.15, -0.1) is 23.2 Å². The monoisotopic (exact) mass is 202 g/mol. The molecule has 0 nitrogen and oxygen atoms in total. The van der Waals surface area contributed by atoms with Gasteiger partial charge in [0.25, 0.3) is 0 Å². The Balaban J connectivity index is 2.59. The molecule has 1 rings (SSSR count). The molecule has 0 aromatic heterocycles. The van der Waals surface area contributed by atoms with Crippen LogP contribution in [0.4, 0.5) is 0 Å². The number of halogens is 2. The van der Waals surface area contributed by atoms with E-state index in [-0.39, 0.29) is 10.8 Å². The van der Waals surface area contributed by atoms with Crippen LogP contribution in [0.2, 0.25) is 0 Å². The van der Waals surface area contributed by atoms with Crippen LogP contribution in [0.3, 0.4) is 0 Å². The Morgan fingerprint density at radius 1 is 1.17 bits per heavy atom. The van der Waals surface area contributed by atoms with Crippen LogP contribution in [0.5, 0.6) is 0 Å². The summed E-state index contributed by atoms with van der Waals surface area (Å²) in [5.74, 6) is 0. The first kappa shape index (κ1) is 9.88. The van der Waals surface area contributed by atoms with Gasteiger partial charge in [0.1, 0.15) is 0 Å². The van der Waals surface area contributed by atoms with Crippen molar-refractivity contribution in [1.29, 1.82) is 0 Å². The van der Waals surface area contributed by atoms with Gasteiger partial charge in [0.2, 0.25) is 0 Å². The summed E-state index contributed by atoms with van der Waals surface area (Å²) < 4.78 is 0. The summed E-state index contributed by atoms with van der Waals surface area (Å²) >= 11 is 12.0. The summed E-state index contributed by atoms with van der Waals surface area (Å²) in [6.07, 6.45) is 0.813. The van der Waals surface area contributed by atoms with E-state index in [0.717, 1.165) is 12.0 Å². The van der Waals surface area contributed by atoms with E-state index in [0.29, 0.717) is 0 Å². The first-order valence-electron chi connectivity index (χ1n) is 4.03. The molecule has 0 fully saturated rings. The maximum absolute atomic E-state index is 6.12. The zero-order valence-corrected chi connectivity index (χ0v) is 8.52. The fraction of sp³-hybridized carbons (Fsp3) is 0.400. The number of benzene rings is 1. The molecule has 2 heteroatoms. The molecule has 0 radical (unpaired) electrons. The fourth-order valence-electron chi connectivity index (χ4n) is 1.08. The summed E-state index contributed by atoms with van der Waals surface area (Å²) in [6, 6.07) is 10.0. The highest BCUT2D eigenvalue weighted by Crippen LogP contribution is 2.26. The second-order valence-electron chi connectivity index (χ2n) is 2.89. The predicted molar refractivity (Wildman–Crippen MR) is 55.0 cm³/mol. The van der Waals surface area contributed by atoms with E-state index in [2.05, 4.69) is 0 Å². The van der Waals surface area contributed by atoms with Crippen molar-refractivity contribution in [2.75, 3.05) is 0 Å². The minimum atomic E-state index is 0.0405. The second-order valence-corrected chi connectivity index (χ2v) is 4.17. The predicted octanol–water partition coefficient (Wildman–Crippen LogP) is 3.98. The van der Waals surface area contributed by atoms with Crippen LogP contribution in [0.1, 0.15) is 24.3 Å². The van der Waals surface area contributed by atoms with Gasteiger partial charge in [0, 0.05) is 5.38 Å². The molecular formula is C10H12Cl2. The van der Waals surface area contributed by atoms with Gasteiger partial charge < -0.3 is 0 Å². The molecule has 12 heavy (non-hydrogen) atoms. The van der Waals surface area contributed by atoms with E-state index >= 15 is 0 Å². The highest BCUT2D eigenvalue weighted by Gasteiger charge is 2.09. The topological polar surface area (TPSA) is 0 Å². The molecule has 1 aromatic carbocycles. The SMILES string of the molecule is CC(Cl)CC(Cl)c1ccccc1. The van der Waals surface area contributed by atoms with Crippen molar-refractivity contribution in [3.8, 4) is 0 Å². The van der Waals surface area contributed by atoms with Crippen LogP contribution in [0.25, 0.3) is 0 Å². The molecule has 0 saturated heterocycles. The molecule has 0 spiro atoms. The quantitative estimate of drug-likeness (QED) is 0.651. The zero-order chi connectivity index (χ0) is 8.97. The van der Waals surface area contributed by atoms with Gasteiger partial charge >= 0.3 is 0 Å². The minimum absolute atomic E-state index is 0.0405. The third-order valence-corrected chi connectivity index (χ3v) is 2.30. The third kappa shape index (κ3) is 3.04. The normalized spacial score (nSPS) is 15.6. The molecule has 66 valence electrons. The fourth-order valence-corrected chi connectivity index (χ4v) is 1.77. The molecule has 0 aliphatic heterocycles. The molecule has 2 atom stereocenters. The summed E-state index contributed by atoms with van der Waals surface area (Å²) in [5.41, 5.74) is 1.15. The van der Waals surface area contributed by atoms with E-state index in [1.165, 1.54) is 0 Å². The second kappa shape index (κ2) is 4.74. The summed E-state index contributed by atoms with van der Waals surface area (Å²) in [5, 5.41) is 0.173. The van der Waals surface area contributed by atoms with Crippen LogP contribution < -0.4 is 0 Å². The van der Waals surface area contributed by atoms with E-state index < -0.39 is 0 Å². The Kier molecular flexibility index (Phi) is 3.90. The standard InChI is InChI=1S/C10H12Cl2/c1-8(11)7-10(12)9-5-3-2-4-6-9/h2-6,8,10H,7H2,1H3. The van der Waals surface area contributed by atoms with Crippen LogP contribution in [-0.2, 0) is 0 Å². The number of hydrogen-bond donors (Lipinski definition) is 0. The van der Waals surface area contributed by atoms with Gasteiger partial charge in [-0.3, -0.25) is 0 Å². The van der Waals surface area contributed by atoms with Crippen molar-refractivity contribution < 1.29 is 0 Å². The number of hydrogen-bond acceptors (Lipinski definition) is 0. The van der Waals surface area contributed by atoms with Crippen molar-refractivity contribution >= 4 is 23.2 Å². The van der Waals surface area contributed by atoms with Gasteiger partial charge in [0.15, 0.2) is 0 Å². The molecule has 0 saturated carbocycles. The molecule has 0 amide bonds. The van der Waals surface area contributed by atoms with Crippen LogP contribution in [0.15, 0.2) is 30.3 Å². The van der Waals surface area contributed by atoms with E-state index in [1.807, 2.05) is 37.3 Å². The molecular weight excluding hydrogens is 191 g/mol. The lowest BCUT2D eigenvalue weighted by Crippen LogP contribution is -1.97. The Bertz CT molecular complexity index is 219. The van der Waals surface area contributed by atoms with Crippen molar-refractivity contribution in [1.82, 2.24) is 0 Å². The molecule has 0 aliphatic carbocycles. The van der Waals surface area contributed by atoms with Gasteiger partial charge in [-0.2, -0.15) is 0 Å². The highest BCUT2D eigenvalue weighted by molar-refractivity contribution is 6.23. The van der Waals surface area contributed by atoms with Gasteiger partial charge in [0.05, 0.1) is 5.38 Å². The van der Waals surface area contributed by atoms with Crippen molar-refractivity contribution in [3.05, 3.63) is 35.9 Å².